The molecule has 1 aromatic rings. The number of halogens is 2. The van der Waals surface area contributed by atoms with E-state index in [9.17, 15) is 0 Å². The normalized spacial score (nSPS) is 13.1. The third kappa shape index (κ3) is 3.13. The van der Waals surface area contributed by atoms with Crippen LogP contribution in [0, 0.1) is 5.92 Å². The number of hydrogen-bond donors (Lipinski definition) is 0. The van der Waals surface area contributed by atoms with Crippen LogP contribution in [0.5, 0.6) is 0 Å². The van der Waals surface area contributed by atoms with E-state index in [1.54, 1.807) is 0 Å². The predicted octanol–water partition coefficient (Wildman–Crippen LogP) is 4.42. The van der Waals surface area contributed by atoms with Crippen LogP contribution in [0.1, 0.15) is 24.5 Å². The molecule has 73 valence electrons. The molecule has 0 fully saturated rings. The number of rotatable bonds is 1. The van der Waals surface area contributed by atoms with Crippen LogP contribution in [-0.4, -0.2) is 0 Å². The Bertz CT molecular complexity index is 310. The second-order valence-electron chi connectivity index (χ2n) is 2.87. The molecule has 0 bridgehead atoms. The summed E-state index contributed by atoms with van der Waals surface area (Å²) in [6.07, 6.45) is 5.53. The van der Waals surface area contributed by atoms with Gasteiger partial charge in [0.2, 0.25) is 0 Å². The van der Waals surface area contributed by atoms with Gasteiger partial charge >= 0.3 is 35.6 Å². The molecule has 0 N–H and O–H groups in total. The first-order valence-electron chi connectivity index (χ1n) is 4.43. The van der Waals surface area contributed by atoms with Gasteiger partial charge in [0.1, 0.15) is 0 Å². The monoisotopic (exact) mass is 261 g/mol. The van der Waals surface area contributed by atoms with Gasteiger partial charge in [0.15, 0.2) is 0 Å². The summed E-state index contributed by atoms with van der Waals surface area (Å²) in [5.74, 6) is 1.46. The van der Waals surface area contributed by atoms with Crippen molar-refractivity contribution in [1.29, 1.82) is 0 Å². The van der Waals surface area contributed by atoms with Gasteiger partial charge in [0.25, 0.3) is 0 Å². The molecule has 0 nitrogen and oxygen atoms in total. The van der Waals surface area contributed by atoms with E-state index in [1.807, 2.05) is 0 Å². The molecule has 0 heterocycles. The molecule has 1 aromatic carbocycles. The Morgan fingerprint density at radius 1 is 1.14 bits per heavy atom. The van der Waals surface area contributed by atoms with Crippen molar-refractivity contribution in [1.82, 2.24) is 0 Å². The Morgan fingerprint density at radius 2 is 1.79 bits per heavy atom. The summed E-state index contributed by atoms with van der Waals surface area (Å²) in [5.41, 5.74) is 2.78. The number of benzene rings is 1. The van der Waals surface area contributed by atoms with Crippen LogP contribution < -0.4 is 0 Å². The summed E-state index contributed by atoms with van der Waals surface area (Å²) < 4.78 is 0. The first-order chi connectivity index (χ1) is 6.83. The van der Waals surface area contributed by atoms with E-state index in [2.05, 4.69) is 43.3 Å². The molecule has 1 aliphatic carbocycles. The zero-order valence-corrected chi connectivity index (χ0v) is 11.0. The van der Waals surface area contributed by atoms with Crippen LogP contribution in [-0.2, 0) is 17.0 Å². The van der Waals surface area contributed by atoms with Crippen molar-refractivity contribution in [2.75, 3.05) is 0 Å². The van der Waals surface area contributed by atoms with E-state index in [1.165, 1.54) is 17.0 Å². The summed E-state index contributed by atoms with van der Waals surface area (Å²) in [7, 11) is 9.78. The van der Waals surface area contributed by atoms with Crippen LogP contribution in [0.4, 0.5) is 0 Å². The molecule has 0 saturated heterocycles. The maximum atomic E-state index is 4.89. The van der Waals surface area contributed by atoms with Gasteiger partial charge in [0.05, 0.1) is 0 Å². The van der Waals surface area contributed by atoms with Crippen LogP contribution in [0.3, 0.4) is 0 Å². The Balaban J connectivity index is 0.000000293. The molecule has 0 aromatic heterocycles. The Labute approximate surface area is 102 Å². The number of fused-ring (bicyclic) bond motifs is 1. The van der Waals surface area contributed by atoms with E-state index < -0.39 is 17.0 Å². The molecular formula is C11H11Cl2Ti. The summed E-state index contributed by atoms with van der Waals surface area (Å²) in [4.78, 5) is 0. The maximum absolute atomic E-state index is 4.89. The molecule has 0 unspecified atom stereocenters. The van der Waals surface area contributed by atoms with Crippen molar-refractivity contribution in [2.24, 2.45) is 0 Å². The molecule has 0 saturated carbocycles. The van der Waals surface area contributed by atoms with Crippen molar-refractivity contribution in [3.8, 4) is 0 Å². The molecule has 0 aliphatic heterocycles. The van der Waals surface area contributed by atoms with Gasteiger partial charge in [-0.2, -0.15) is 0 Å². The van der Waals surface area contributed by atoms with Gasteiger partial charge in [-0.1, -0.05) is 43.3 Å². The van der Waals surface area contributed by atoms with Gasteiger partial charge < -0.3 is 0 Å². The molecule has 0 atom stereocenters. The number of allylic oxidation sites excluding steroid dienone is 1. The van der Waals surface area contributed by atoms with Crippen molar-refractivity contribution in [2.45, 2.75) is 13.3 Å². The standard InChI is InChI=1S/C11H11.2ClH.Ti/c1-2-9-7-8-10-5-3-4-6-11(9)10;;;/h3-8H,2H2,1H3;2*1H;/q;;;+2/p-2. The first kappa shape index (κ1) is 12.3. The fourth-order valence-electron chi connectivity index (χ4n) is 1.52. The van der Waals surface area contributed by atoms with Crippen LogP contribution >= 0.6 is 18.6 Å². The number of hydrogen-bond acceptors (Lipinski definition) is 0. The third-order valence-electron chi connectivity index (χ3n) is 2.15. The van der Waals surface area contributed by atoms with Gasteiger partial charge in [0, 0.05) is 5.92 Å². The van der Waals surface area contributed by atoms with Crippen molar-refractivity contribution < 1.29 is 17.0 Å². The predicted molar refractivity (Wildman–Crippen MR) is 59.8 cm³/mol. The van der Waals surface area contributed by atoms with Crippen molar-refractivity contribution in [3.05, 3.63) is 47.4 Å². The quantitative estimate of drug-likeness (QED) is 0.657. The van der Waals surface area contributed by atoms with Crippen LogP contribution in [0.25, 0.3) is 6.08 Å². The zero-order chi connectivity index (χ0) is 10.4. The Hall–Kier alpha value is 0.254. The van der Waals surface area contributed by atoms with Crippen LogP contribution in [0.15, 0.2) is 30.3 Å². The summed E-state index contributed by atoms with van der Waals surface area (Å²) in [5, 5.41) is 0. The fourth-order valence-corrected chi connectivity index (χ4v) is 1.52. The summed E-state index contributed by atoms with van der Waals surface area (Å²) in [6.45, 7) is 2.20. The minimum absolute atomic E-state index is 0.556. The van der Waals surface area contributed by atoms with Gasteiger partial charge in [-0.05, 0) is 17.5 Å². The first-order valence-corrected chi connectivity index (χ1v) is 8.72. The molecule has 3 heteroatoms. The molecule has 0 amide bonds. The Morgan fingerprint density at radius 3 is 2.43 bits per heavy atom. The molecule has 2 rings (SSSR count). The van der Waals surface area contributed by atoms with Crippen LogP contribution in [0.2, 0.25) is 0 Å². The van der Waals surface area contributed by atoms with Gasteiger partial charge in [-0.15, -0.1) is 0 Å². The average Bonchev–Trinajstić information content (AvgIpc) is 2.62. The van der Waals surface area contributed by atoms with Crippen molar-refractivity contribution in [3.63, 3.8) is 0 Å². The topological polar surface area (TPSA) is 0 Å². The Kier molecular flexibility index (Phi) is 5.89. The molecule has 1 radical (unpaired) electrons. The van der Waals surface area contributed by atoms with Gasteiger partial charge in [-0.3, -0.25) is 0 Å². The van der Waals surface area contributed by atoms with E-state index in [4.69, 9.17) is 18.6 Å². The molecule has 0 spiro atoms. The SMILES string of the molecule is CC[C]1C=Cc2ccccc21.[Cl][Ti][Cl]. The third-order valence-corrected chi connectivity index (χ3v) is 2.15. The van der Waals surface area contributed by atoms with E-state index in [0.29, 0.717) is 0 Å². The van der Waals surface area contributed by atoms with Crippen molar-refractivity contribution >= 4 is 24.7 Å². The molecule has 1 aliphatic rings. The molecule has 14 heavy (non-hydrogen) atoms. The average molecular weight is 262 g/mol. The second-order valence-corrected chi connectivity index (χ2v) is 5.45. The van der Waals surface area contributed by atoms with E-state index in [0.717, 1.165) is 6.42 Å². The molecular weight excluding hydrogens is 251 g/mol. The summed E-state index contributed by atoms with van der Waals surface area (Å²) >= 11 is -0.556. The summed E-state index contributed by atoms with van der Waals surface area (Å²) in [6, 6.07) is 8.53. The van der Waals surface area contributed by atoms with Gasteiger partial charge in [-0.25, -0.2) is 0 Å². The second kappa shape index (κ2) is 6.69. The fraction of sp³-hybridized carbons (Fsp3) is 0.182. The zero-order valence-electron chi connectivity index (χ0n) is 7.93. The minimum atomic E-state index is -0.556. The van der Waals surface area contributed by atoms with E-state index >= 15 is 0 Å². The van der Waals surface area contributed by atoms with E-state index in [-0.39, 0.29) is 0 Å².